The zero-order valence-corrected chi connectivity index (χ0v) is 10.5. The van der Waals surface area contributed by atoms with E-state index in [-0.39, 0.29) is 22.0 Å². The van der Waals surface area contributed by atoms with Crippen LogP contribution in [0.15, 0.2) is 18.2 Å². The van der Waals surface area contributed by atoms with Gasteiger partial charge in [0.2, 0.25) is 0 Å². The number of aryl methyl sites for hydroxylation is 1. The van der Waals surface area contributed by atoms with Crippen molar-refractivity contribution < 1.29 is 14.8 Å². The van der Waals surface area contributed by atoms with Crippen molar-refractivity contribution in [1.82, 2.24) is 9.59 Å². The molecule has 1 aromatic heterocycles. The van der Waals surface area contributed by atoms with Gasteiger partial charge in [-0.1, -0.05) is 4.49 Å². The van der Waals surface area contributed by atoms with E-state index in [2.05, 4.69) is 14.9 Å². The third-order valence-corrected chi connectivity index (χ3v) is 3.12. The maximum atomic E-state index is 11.9. The number of non-ortho nitro benzene ring substituents is 1. The first kappa shape index (κ1) is 12.9. The van der Waals surface area contributed by atoms with Crippen LogP contribution >= 0.6 is 11.5 Å². The summed E-state index contributed by atoms with van der Waals surface area (Å²) in [5.74, 6) is -0.780. The van der Waals surface area contributed by atoms with Gasteiger partial charge in [-0.15, -0.1) is 5.10 Å². The Morgan fingerprint density at radius 2 is 2.26 bits per heavy atom. The van der Waals surface area contributed by atoms with Gasteiger partial charge in [0.15, 0.2) is 0 Å². The van der Waals surface area contributed by atoms with Crippen LogP contribution in [0.4, 0.5) is 11.4 Å². The standard InChI is InChI=1S/C10H8N4O4S/c1-5-9(19-13-12-5)10(16)11-7-4-6(14(17)18)2-3-8(7)15/h2-4,15H,1H3,(H,11,16). The summed E-state index contributed by atoms with van der Waals surface area (Å²) in [6.45, 7) is 1.62. The molecule has 0 fully saturated rings. The van der Waals surface area contributed by atoms with Gasteiger partial charge in [-0.2, -0.15) is 0 Å². The second-order valence-electron chi connectivity index (χ2n) is 3.60. The van der Waals surface area contributed by atoms with Crippen LogP contribution in [0.1, 0.15) is 15.4 Å². The van der Waals surface area contributed by atoms with Crippen LogP contribution in [0.5, 0.6) is 5.75 Å². The number of nitro benzene ring substituents is 1. The third kappa shape index (κ3) is 2.65. The quantitative estimate of drug-likeness (QED) is 0.502. The maximum Gasteiger partial charge on any atom is 0.271 e. The second-order valence-corrected chi connectivity index (χ2v) is 4.35. The van der Waals surface area contributed by atoms with Crippen molar-refractivity contribution in [3.05, 3.63) is 38.9 Å². The highest BCUT2D eigenvalue weighted by Gasteiger charge is 2.17. The molecule has 0 unspecified atom stereocenters. The van der Waals surface area contributed by atoms with E-state index in [1.165, 1.54) is 0 Å². The number of phenolic OH excluding ortho intramolecular Hbond substituents is 1. The van der Waals surface area contributed by atoms with Crippen LogP contribution in [0.2, 0.25) is 0 Å². The molecule has 98 valence electrons. The Balaban J connectivity index is 2.28. The number of anilines is 1. The summed E-state index contributed by atoms with van der Waals surface area (Å²) >= 11 is 0.905. The highest BCUT2D eigenvalue weighted by molar-refractivity contribution is 7.08. The number of hydrogen-bond acceptors (Lipinski definition) is 7. The lowest BCUT2D eigenvalue weighted by molar-refractivity contribution is -0.384. The lowest BCUT2D eigenvalue weighted by Gasteiger charge is -2.05. The number of nitrogens with one attached hydrogen (secondary N) is 1. The molecule has 0 atom stereocenters. The van der Waals surface area contributed by atoms with Crippen LogP contribution in [-0.2, 0) is 0 Å². The molecule has 0 aliphatic rings. The molecular weight excluding hydrogens is 272 g/mol. The SMILES string of the molecule is Cc1nnsc1C(=O)Nc1cc([N+](=O)[O-])ccc1O. The number of amides is 1. The summed E-state index contributed by atoms with van der Waals surface area (Å²) < 4.78 is 3.61. The van der Waals surface area contributed by atoms with Crippen molar-refractivity contribution in [1.29, 1.82) is 0 Å². The molecule has 8 nitrogen and oxygen atoms in total. The van der Waals surface area contributed by atoms with E-state index >= 15 is 0 Å². The predicted molar refractivity (Wildman–Crippen MR) is 67.4 cm³/mol. The van der Waals surface area contributed by atoms with Crippen molar-refractivity contribution in [2.45, 2.75) is 6.92 Å². The fourth-order valence-corrected chi connectivity index (χ4v) is 1.91. The first-order chi connectivity index (χ1) is 8.99. The van der Waals surface area contributed by atoms with Gasteiger partial charge >= 0.3 is 0 Å². The molecule has 0 saturated heterocycles. The average Bonchev–Trinajstić information content (AvgIpc) is 2.78. The highest BCUT2D eigenvalue weighted by Crippen LogP contribution is 2.28. The fraction of sp³-hybridized carbons (Fsp3) is 0.100. The number of rotatable bonds is 3. The number of carbonyl (C=O) groups excluding carboxylic acids is 1. The number of aromatic nitrogens is 2. The van der Waals surface area contributed by atoms with Crippen molar-refractivity contribution in [3.63, 3.8) is 0 Å². The average molecular weight is 280 g/mol. The predicted octanol–water partition coefficient (Wildman–Crippen LogP) is 1.71. The van der Waals surface area contributed by atoms with E-state index in [1.807, 2.05) is 0 Å². The molecule has 1 aromatic carbocycles. The van der Waals surface area contributed by atoms with E-state index in [0.717, 1.165) is 29.7 Å². The number of nitrogens with zero attached hydrogens (tertiary/aromatic N) is 3. The number of benzene rings is 1. The number of carbonyl (C=O) groups is 1. The van der Waals surface area contributed by atoms with Crippen LogP contribution in [0, 0.1) is 17.0 Å². The molecule has 0 radical (unpaired) electrons. The normalized spacial score (nSPS) is 10.2. The number of aromatic hydroxyl groups is 1. The summed E-state index contributed by atoms with van der Waals surface area (Å²) in [5.41, 5.74) is 0.187. The largest absolute Gasteiger partial charge is 0.506 e. The van der Waals surface area contributed by atoms with Crippen molar-refractivity contribution in [3.8, 4) is 5.75 Å². The Morgan fingerprint density at radius 1 is 1.53 bits per heavy atom. The molecule has 0 aliphatic carbocycles. The fourth-order valence-electron chi connectivity index (χ4n) is 1.36. The molecule has 2 aromatic rings. The van der Waals surface area contributed by atoms with E-state index < -0.39 is 10.8 Å². The summed E-state index contributed by atoms with van der Waals surface area (Å²) in [6, 6.07) is 3.37. The molecule has 9 heteroatoms. The summed E-state index contributed by atoms with van der Waals surface area (Å²) in [4.78, 5) is 22.2. The zero-order valence-electron chi connectivity index (χ0n) is 9.65. The van der Waals surface area contributed by atoms with Crippen LogP contribution in [0.25, 0.3) is 0 Å². The number of phenols is 1. The first-order valence-electron chi connectivity index (χ1n) is 5.06. The van der Waals surface area contributed by atoms with Gasteiger partial charge in [-0.05, 0) is 24.5 Å². The van der Waals surface area contributed by atoms with Gasteiger partial charge in [0.05, 0.1) is 16.3 Å². The van der Waals surface area contributed by atoms with Gasteiger partial charge in [0, 0.05) is 12.1 Å². The maximum absolute atomic E-state index is 11.9. The lowest BCUT2D eigenvalue weighted by Crippen LogP contribution is -2.11. The monoisotopic (exact) mass is 280 g/mol. The Bertz CT molecular complexity index is 655. The van der Waals surface area contributed by atoms with Gasteiger partial charge in [0.25, 0.3) is 11.6 Å². The molecule has 2 rings (SSSR count). The van der Waals surface area contributed by atoms with E-state index in [9.17, 15) is 20.0 Å². The van der Waals surface area contributed by atoms with Crippen molar-refractivity contribution in [2.24, 2.45) is 0 Å². The van der Waals surface area contributed by atoms with Gasteiger partial charge in [-0.3, -0.25) is 14.9 Å². The Labute approximate surface area is 111 Å². The summed E-state index contributed by atoms with van der Waals surface area (Å²) in [5, 5.41) is 26.3. The topological polar surface area (TPSA) is 118 Å². The molecule has 0 aliphatic heterocycles. The van der Waals surface area contributed by atoms with Gasteiger partial charge in [0.1, 0.15) is 10.6 Å². The smallest absolute Gasteiger partial charge is 0.271 e. The molecule has 0 spiro atoms. The van der Waals surface area contributed by atoms with Gasteiger partial charge in [-0.25, -0.2) is 0 Å². The van der Waals surface area contributed by atoms with E-state index in [0.29, 0.717) is 5.69 Å². The molecule has 19 heavy (non-hydrogen) atoms. The molecule has 1 heterocycles. The van der Waals surface area contributed by atoms with Crippen LogP contribution in [0.3, 0.4) is 0 Å². The molecule has 1 amide bonds. The molecule has 0 bridgehead atoms. The van der Waals surface area contributed by atoms with Crippen LogP contribution < -0.4 is 5.32 Å². The minimum Gasteiger partial charge on any atom is -0.506 e. The van der Waals surface area contributed by atoms with Crippen LogP contribution in [-0.4, -0.2) is 25.5 Å². The van der Waals surface area contributed by atoms with E-state index in [4.69, 9.17) is 0 Å². The van der Waals surface area contributed by atoms with E-state index in [1.54, 1.807) is 6.92 Å². The highest BCUT2D eigenvalue weighted by atomic mass is 32.1. The molecule has 0 saturated carbocycles. The number of nitro groups is 1. The minimum absolute atomic E-state index is 0.0352. The lowest BCUT2D eigenvalue weighted by atomic mass is 10.2. The zero-order chi connectivity index (χ0) is 14.0. The molecule has 2 N–H and O–H groups in total. The Kier molecular flexibility index (Phi) is 3.38. The summed E-state index contributed by atoms with van der Waals surface area (Å²) in [6.07, 6.45) is 0. The number of hydrogen-bond donors (Lipinski definition) is 2. The Hall–Kier alpha value is -2.55. The summed E-state index contributed by atoms with van der Waals surface area (Å²) in [7, 11) is 0. The van der Waals surface area contributed by atoms with Crippen molar-refractivity contribution in [2.75, 3.05) is 5.32 Å². The second kappa shape index (κ2) is 4.98. The third-order valence-electron chi connectivity index (χ3n) is 2.30. The van der Waals surface area contributed by atoms with Crippen molar-refractivity contribution >= 4 is 28.8 Å². The Morgan fingerprint density at radius 3 is 2.84 bits per heavy atom. The van der Waals surface area contributed by atoms with Gasteiger partial charge < -0.3 is 10.4 Å². The molecular formula is C10H8N4O4S. The first-order valence-corrected chi connectivity index (χ1v) is 5.84. The minimum atomic E-state index is -0.616.